The molecular weight excluding hydrogens is 437 g/mol. The Morgan fingerprint density at radius 2 is 2.03 bits per heavy atom. The lowest BCUT2D eigenvalue weighted by Crippen LogP contribution is -2.77. The number of fused-ring (bicyclic) bond motifs is 1. The second-order valence-electron chi connectivity index (χ2n) is 8.16. The van der Waals surface area contributed by atoms with Gasteiger partial charge in [0.15, 0.2) is 18.0 Å². The van der Waals surface area contributed by atoms with Gasteiger partial charge in [0, 0.05) is 37.3 Å². The first-order valence-corrected chi connectivity index (χ1v) is 10.5. The Morgan fingerprint density at radius 3 is 2.64 bits per heavy atom. The number of carbonyl (C=O) groups excluding carboxylic acids is 1. The highest BCUT2D eigenvalue weighted by Gasteiger charge is 2.32. The van der Waals surface area contributed by atoms with Gasteiger partial charge in [0.1, 0.15) is 5.69 Å². The van der Waals surface area contributed by atoms with Crippen LogP contribution in [-0.2, 0) is 23.9 Å². The molecule has 2 aromatic rings. The molecule has 11 heteroatoms. The van der Waals surface area contributed by atoms with E-state index in [1.54, 1.807) is 18.4 Å². The highest BCUT2D eigenvalue weighted by atomic mass is 19.4. The maximum atomic E-state index is 12.7. The van der Waals surface area contributed by atoms with Crippen molar-refractivity contribution in [3.63, 3.8) is 0 Å². The van der Waals surface area contributed by atoms with E-state index < -0.39 is 11.9 Å². The van der Waals surface area contributed by atoms with Crippen LogP contribution in [0, 0.1) is 5.92 Å². The third-order valence-electron chi connectivity index (χ3n) is 5.37. The van der Waals surface area contributed by atoms with Crippen molar-refractivity contribution in [2.24, 2.45) is 11.8 Å². The zero-order valence-electron chi connectivity index (χ0n) is 18.7. The molecule has 0 aliphatic carbocycles. The predicted octanol–water partition coefficient (Wildman–Crippen LogP) is 2.00. The Morgan fingerprint density at radius 1 is 1.27 bits per heavy atom. The lowest BCUT2D eigenvalue weighted by molar-refractivity contribution is -0.522. The molecule has 178 valence electrons. The summed E-state index contributed by atoms with van der Waals surface area (Å²) in [5, 5.41) is 1.65. The maximum Gasteiger partial charge on any atom is 0.433 e. The Labute approximate surface area is 190 Å². The monoisotopic (exact) mass is 465 g/mol. The summed E-state index contributed by atoms with van der Waals surface area (Å²) < 4.78 is 44.0. The van der Waals surface area contributed by atoms with Gasteiger partial charge in [-0.05, 0) is 30.5 Å². The van der Waals surface area contributed by atoms with Gasteiger partial charge >= 0.3 is 6.18 Å². The average Bonchev–Trinajstić information content (AvgIpc) is 2.79. The highest BCUT2D eigenvalue weighted by Crippen LogP contribution is 2.27. The van der Waals surface area contributed by atoms with E-state index in [2.05, 4.69) is 15.4 Å². The van der Waals surface area contributed by atoms with Gasteiger partial charge in [0.05, 0.1) is 11.9 Å². The van der Waals surface area contributed by atoms with E-state index in [9.17, 15) is 18.0 Å². The molecule has 8 nitrogen and oxygen atoms in total. The summed E-state index contributed by atoms with van der Waals surface area (Å²) in [6.07, 6.45) is -0.923. The van der Waals surface area contributed by atoms with Gasteiger partial charge in [0.25, 0.3) is 0 Å². The van der Waals surface area contributed by atoms with Crippen molar-refractivity contribution in [2.45, 2.75) is 39.9 Å². The molecule has 0 radical (unpaired) electrons. The molecule has 1 aliphatic heterocycles. The first-order valence-electron chi connectivity index (χ1n) is 10.5. The number of nitrogens with one attached hydrogen (secondary N) is 1. The summed E-state index contributed by atoms with van der Waals surface area (Å²) in [5.41, 5.74) is 5.35. The summed E-state index contributed by atoms with van der Waals surface area (Å²) in [5.74, 6) is 6.01. The van der Waals surface area contributed by atoms with E-state index in [0.717, 1.165) is 23.4 Å². The molecule has 0 atom stereocenters. The van der Waals surface area contributed by atoms with E-state index in [1.807, 2.05) is 24.8 Å². The number of hydrazine groups is 1. The molecule has 1 amide bonds. The number of nitrogens with zero attached hydrogens (tertiary/aromatic N) is 3. The van der Waals surface area contributed by atoms with Gasteiger partial charge in [-0.15, -0.1) is 0 Å². The number of quaternary nitrogens is 1. The average molecular weight is 466 g/mol. The maximum absolute atomic E-state index is 12.7. The molecule has 1 aliphatic rings. The molecule has 0 bridgehead atoms. The number of alkyl halides is 3. The van der Waals surface area contributed by atoms with Gasteiger partial charge < -0.3 is 15.1 Å². The zero-order valence-corrected chi connectivity index (χ0v) is 18.7. The third-order valence-corrected chi connectivity index (χ3v) is 5.37. The van der Waals surface area contributed by atoms with Crippen molar-refractivity contribution < 1.29 is 28.0 Å². The van der Waals surface area contributed by atoms with Gasteiger partial charge in [0.2, 0.25) is 11.8 Å². The van der Waals surface area contributed by atoms with E-state index in [0.29, 0.717) is 42.5 Å². The van der Waals surface area contributed by atoms with E-state index in [1.165, 1.54) is 6.07 Å². The molecule has 0 fully saturated rings. The van der Waals surface area contributed by atoms with Crippen LogP contribution in [0.5, 0.6) is 5.88 Å². The number of halogens is 3. The van der Waals surface area contributed by atoms with Crippen molar-refractivity contribution in [2.75, 3.05) is 13.2 Å². The summed E-state index contributed by atoms with van der Waals surface area (Å²) in [6.45, 7) is 6.76. The van der Waals surface area contributed by atoms with Crippen molar-refractivity contribution in [3.8, 4) is 5.88 Å². The number of carbonyl (C=O) groups is 1. The quantitative estimate of drug-likeness (QED) is 0.426. The van der Waals surface area contributed by atoms with Crippen LogP contribution in [0.1, 0.15) is 37.6 Å². The van der Waals surface area contributed by atoms with Gasteiger partial charge in [-0.2, -0.15) is 13.2 Å². The number of aromatic nitrogens is 2. The number of pyridine rings is 2. The van der Waals surface area contributed by atoms with Crippen LogP contribution in [0.4, 0.5) is 18.9 Å². The SMILES string of the molecule is C/C(NN)=C(\COc1cc2c(cn1)CN(C(=O)C(C)C)CC2)[NH2+]c1ccc(C(F)(F)F)nc1. The molecule has 0 saturated heterocycles. The Balaban J connectivity index is 1.67. The van der Waals surface area contributed by atoms with Crippen molar-refractivity contribution in [1.82, 2.24) is 20.3 Å². The third kappa shape index (κ3) is 6.20. The first-order chi connectivity index (χ1) is 15.6. The number of hydrogen-bond donors (Lipinski definition) is 3. The number of ether oxygens (including phenoxy) is 1. The van der Waals surface area contributed by atoms with Gasteiger partial charge in [-0.25, -0.2) is 9.97 Å². The highest BCUT2D eigenvalue weighted by molar-refractivity contribution is 5.78. The summed E-state index contributed by atoms with van der Waals surface area (Å²) in [6, 6.07) is 4.11. The molecule has 0 unspecified atom stereocenters. The normalized spacial score (nSPS) is 14.6. The number of nitrogens with two attached hydrogens (primary N) is 2. The van der Waals surface area contributed by atoms with E-state index in [-0.39, 0.29) is 18.4 Å². The largest absolute Gasteiger partial charge is 0.467 e. The topological polar surface area (TPSA) is 110 Å². The summed E-state index contributed by atoms with van der Waals surface area (Å²) in [7, 11) is 0. The molecule has 5 N–H and O–H groups in total. The van der Waals surface area contributed by atoms with Crippen molar-refractivity contribution >= 4 is 11.6 Å². The van der Waals surface area contributed by atoms with Crippen LogP contribution in [0.2, 0.25) is 0 Å². The summed E-state index contributed by atoms with van der Waals surface area (Å²) >= 11 is 0. The van der Waals surface area contributed by atoms with E-state index in [4.69, 9.17) is 10.6 Å². The molecule has 33 heavy (non-hydrogen) atoms. The standard InChI is InChI=1S/C22H27F3N6O2/c1-13(2)21(32)31-7-6-15-8-20(28-9-16(15)11-31)33-12-18(14(3)30-26)29-17-4-5-19(27-10-17)22(23,24)25/h4-5,8-10,13,29-30H,6-7,11-12,26H2,1-3H3/p+1/b18-14-. The molecular formula is C22H28F3N6O2+. The fourth-order valence-corrected chi connectivity index (χ4v) is 3.41. The van der Waals surface area contributed by atoms with Crippen LogP contribution >= 0.6 is 0 Å². The predicted molar refractivity (Wildman–Crippen MR) is 115 cm³/mol. The molecule has 3 heterocycles. The smallest absolute Gasteiger partial charge is 0.433 e. The van der Waals surface area contributed by atoms with Crippen LogP contribution in [0.25, 0.3) is 0 Å². The lowest BCUT2D eigenvalue weighted by atomic mass is 10.0. The second-order valence-corrected chi connectivity index (χ2v) is 8.16. The molecule has 0 saturated carbocycles. The van der Waals surface area contributed by atoms with Crippen molar-refractivity contribution in [3.05, 3.63) is 58.8 Å². The van der Waals surface area contributed by atoms with Crippen LogP contribution in [-0.4, -0.2) is 33.9 Å². The molecule has 2 aromatic heterocycles. The number of hydrogen-bond acceptors (Lipinski definition) is 6. The van der Waals surface area contributed by atoms with Gasteiger partial charge in [-0.3, -0.25) is 16.0 Å². The minimum Gasteiger partial charge on any atom is -0.467 e. The lowest BCUT2D eigenvalue weighted by Gasteiger charge is -2.30. The molecule has 0 spiro atoms. The fraction of sp³-hybridized carbons (Fsp3) is 0.409. The summed E-state index contributed by atoms with van der Waals surface area (Å²) in [4.78, 5) is 21.9. The van der Waals surface area contributed by atoms with Crippen LogP contribution < -0.4 is 21.3 Å². The second kappa shape index (κ2) is 10.2. The van der Waals surface area contributed by atoms with Crippen LogP contribution in [0.3, 0.4) is 0 Å². The Kier molecular flexibility index (Phi) is 7.54. The number of amides is 1. The zero-order chi connectivity index (χ0) is 24.2. The molecule has 3 rings (SSSR count). The fourth-order valence-electron chi connectivity index (χ4n) is 3.41. The number of allylic oxidation sites excluding steroid dienone is 1. The van der Waals surface area contributed by atoms with E-state index >= 15 is 0 Å². The Bertz CT molecular complexity index is 1020. The first kappa shape index (κ1) is 24.5. The molecule has 0 aromatic carbocycles. The van der Waals surface area contributed by atoms with Crippen molar-refractivity contribution in [1.29, 1.82) is 0 Å². The Hall–Kier alpha value is -3.18. The number of rotatable bonds is 7. The minimum atomic E-state index is -4.49. The minimum absolute atomic E-state index is 0.0529. The van der Waals surface area contributed by atoms with Gasteiger partial charge in [-0.1, -0.05) is 13.8 Å². The van der Waals surface area contributed by atoms with Crippen LogP contribution in [0.15, 0.2) is 42.0 Å².